The Hall–Kier alpha value is -2.95. The van der Waals surface area contributed by atoms with Gasteiger partial charge in [0.05, 0.1) is 12.2 Å². The highest BCUT2D eigenvalue weighted by molar-refractivity contribution is 5.91. The number of carbonyl (C=O) groups is 1. The molecule has 1 N–H and O–H groups in total. The predicted molar refractivity (Wildman–Crippen MR) is 87.2 cm³/mol. The first-order valence-electron chi connectivity index (χ1n) is 7.26. The summed E-state index contributed by atoms with van der Waals surface area (Å²) in [6.45, 7) is 2.37. The van der Waals surface area contributed by atoms with Gasteiger partial charge in [0.1, 0.15) is 11.5 Å². The van der Waals surface area contributed by atoms with Crippen LogP contribution in [-0.2, 0) is 11.3 Å². The number of imidazole rings is 1. The van der Waals surface area contributed by atoms with Gasteiger partial charge < -0.3 is 9.72 Å². The summed E-state index contributed by atoms with van der Waals surface area (Å²) in [5, 5.41) is 2.78. The van der Waals surface area contributed by atoms with Crippen LogP contribution in [0.2, 0.25) is 0 Å². The molecule has 0 saturated carbocycles. The minimum atomic E-state index is -0.298. The molecule has 0 radical (unpaired) electrons. The van der Waals surface area contributed by atoms with E-state index < -0.39 is 0 Å². The van der Waals surface area contributed by atoms with Crippen LogP contribution >= 0.6 is 0 Å². The summed E-state index contributed by atoms with van der Waals surface area (Å²) in [6, 6.07) is 9.88. The first-order chi connectivity index (χ1) is 11.1. The molecule has 1 aromatic carbocycles. The molecule has 0 saturated heterocycles. The van der Waals surface area contributed by atoms with E-state index in [1.807, 2.05) is 35.9 Å². The summed E-state index contributed by atoms with van der Waals surface area (Å²) in [4.78, 5) is 16.3. The van der Waals surface area contributed by atoms with Gasteiger partial charge in [-0.25, -0.2) is 9.37 Å². The van der Waals surface area contributed by atoms with Crippen LogP contribution in [0.1, 0.15) is 16.8 Å². The summed E-state index contributed by atoms with van der Waals surface area (Å²) >= 11 is 0. The molecular weight excluding hydrogens is 293 g/mol. The van der Waals surface area contributed by atoms with Crippen LogP contribution in [0.5, 0.6) is 0 Å². The van der Waals surface area contributed by atoms with Crippen LogP contribution in [-0.4, -0.2) is 15.3 Å². The average molecular weight is 309 g/mol. The van der Waals surface area contributed by atoms with Crippen molar-refractivity contribution in [2.24, 2.45) is 0 Å². The zero-order chi connectivity index (χ0) is 16.2. The number of nitrogens with zero attached hydrogens (tertiary/aromatic N) is 2. The highest BCUT2D eigenvalue weighted by Gasteiger charge is 2.03. The quantitative estimate of drug-likeness (QED) is 0.753. The molecule has 3 aromatic rings. The molecule has 0 atom stereocenters. The summed E-state index contributed by atoms with van der Waals surface area (Å²) in [5.74, 6) is -0.517. The number of amides is 1. The topological polar surface area (TPSA) is 46.4 Å². The molecule has 1 amide bonds. The maximum absolute atomic E-state index is 12.8. The molecule has 5 heteroatoms. The van der Waals surface area contributed by atoms with E-state index in [2.05, 4.69) is 10.3 Å². The van der Waals surface area contributed by atoms with Crippen LogP contribution in [0.15, 0.2) is 54.9 Å². The zero-order valence-corrected chi connectivity index (χ0v) is 12.7. The van der Waals surface area contributed by atoms with Crippen molar-refractivity contribution in [3.8, 4) is 0 Å². The number of hydrogen-bond donors (Lipinski definition) is 1. The molecule has 3 rings (SSSR count). The van der Waals surface area contributed by atoms with Crippen molar-refractivity contribution in [1.29, 1.82) is 0 Å². The molecule has 0 aliphatic heterocycles. The number of rotatable bonds is 4. The van der Waals surface area contributed by atoms with Gasteiger partial charge in [0.2, 0.25) is 5.91 Å². The summed E-state index contributed by atoms with van der Waals surface area (Å²) in [6.07, 6.45) is 6.95. The lowest BCUT2D eigenvalue weighted by Gasteiger charge is -1.98. The van der Waals surface area contributed by atoms with Gasteiger partial charge >= 0.3 is 0 Å². The number of aromatic nitrogens is 2. The third-order valence-corrected chi connectivity index (χ3v) is 3.39. The van der Waals surface area contributed by atoms with Crippen molar-refractivity contribution in [2.45, 2.75) is 13.5 Å². The summed E-state index contributed by atoms with van der Waals surface area (Å²) < 4.78 is 14.7. The van der Waals surface area contributed by atoms with E-state index in [0.29, 0.717) is 6.54 Å². The van der Waals surface area contributed by atoms with Crippen LogP contribution in [0.3, 0.4) is 0 Å². The number of aryl methyl sites for hydroxylation is 1. The molecule has 0 fully saturated rings. The normalized spacial score (nSPS) is 11.2. The third kappa shape index (κ3) is 3.83. The summed E-state index contributed by atoms with van der Waals surface area (Å²) in [5.41, 5.74) is 3.55. The van der Waals surface area contributed by atoms with E-state index in [1.165, 1.54) is 18.2 Å². The number of hydrogen-bond acceptors (Lipinski definition) is 2. The fraction of sp³-hybridized carbons (Fsp3) is 0.111. The van der Waals surface area contributed by atoms with Gasteiger partial charge in [-0.05, 0) is 42.3 Å². The Balaban J connectivity index is 1.60. The van der Waals surface area contributed by atoms with Gasteiger partial charge in [0.15, 0.2) is 0 Å². The third-order valence-electron chi connectivity index (χ3n) is 3.39. The predicted octanol–water partition coefficient (Wildman–Crippen LogP) is 3.11. The van der Waals surface area contributed by atoms with E-state index in [9.17, 15) is 9.18 Å². The van der Waals surface area contributed by atoms with Gasteiger partial charge in [-0.3, -0.25) is 4.79 Å². The van der Waals surface area contributed by atoms with Crippen molar-refractivity contribution in [3.63, 3.8) is 0 Å². The molecule has 23 heavy (non-hydrogen) atoms. The number of nitrogens with one attached hydrogen (secondary N) is 1. The van der Waals surface area contributed by atoms with Crippen molar-refractivity contribution in [1.82, 2.24) is 14.7 Å². The lowest BCUT2D eigenvalue weighted by Crippen LogP contribution is -2.20. The van der Waals surface area contributed by atoms with Crippen LogP contribution < -0.4 is 5.32 Å². The highest BCUT2D eigenvalue weighted by Crippen LogP contribution is 2.07. The minimum absolute atomic E-state index is 0.220. The van der Waals surface area contributed by atoms with Crippen molar-refractivity contribution >= 4 is 17.6 Å². The Labute approximate surface area is 133 Å². The standard InChI is InChI=1S/C18H16FN3O/c1-13-2-8-17-21-16(12-22(17)11-13)10-20-18(23)9-5-14-3-6-15(19)7-4-14/h2-9,11-12H,10H2,1H3,(H,20,23)/b9-5+. The van der Waals surface area contributed by atoms with Gasteiger partial charge in [0, 0.05) is 18.5 Å². The minimum Gasteiger partial charge on any atom is -0.347 e. The molecule has 0 unspecified atom stereocenters. The monoisotopic (exact) mass is 309 g/mol. The van der Waals surface area contributed by atoms with Crippen LogP contribution in [0.25, 0.3) is 11.7 Å². The van der Waals surface area contributed by atoms with Gasteiger partial charge in [-0.2, -0.15) is 0 Å². The molecule has 2 aromatic heterocycles. The Morgan fingerprint density at radius 2 is 2.00 bits per heavy atom. The summed E-state index contributed by atoms with van der Waals surface area (Å²) in [7, 11) is 0. The number of carbonyl (C=O) groups excluding carboxylic acids is 1. The van der Waals surface area contributed by atoms with E-state index >= 15 is 0 Å². The second kappa shape index (κ2) is 6.44. The van der Waals surface area contributed by atoms with E-state index in [0.717, 1.165) is 22.5 Å². The van der Waals surface area contributed by atoms with Crippen molar-refractivity contribution < 1.29 is 9.18 Å². The lowest BCUT2D eigenvalue weighted by molar-refractivity contribution is -0.116. The van der Waals surface area contributed by atoms with Gasteiger partial charge in [-0.15, -0.1) is 0 Å². The van der Waals surface area contributed by atoms with E-state index in [1.54, 1.807) is 18.2 Å². The molecule has 0 aliphatic rings. The molecule has 116 valence electrons. The number of pyridine rings is 1. The molecule has 0 spiro atoms. The Kier molecular flexibility index (Phi) is 4.19. The highest BCUT2D eigenvalue weighted by atomic mass is 19.1. The Morgan fingerprint density at radius 1 is 1.22 bits per heavy atom. The van der Waals surface area contributed by atoms with Crippen LogP contribution in [0.4, 0.5) is 4.39 Å². The average Bonchev–Trinajstić information content (AvgIpc) is 2.94. The first-order valence-corrected chi connectivity index (χ1v) is 7.26. The molecule has 4 nitrogen and oxygen atoms in total. The number of benzene rings is 1. The molecular formula is C18H16FN3O. The van der Waals surface area contributed by atoms with Crippen molar-refractivity contribution in [3.05, 3.63) is 77.5 Å². The lowest BCUT2D eigenvalue weighted by atomic mass is 10.2. The smallest absolute Gasteiger partial charge is 0.244 e. The van der Waals surface area contributed by atoms with Gasteiger partial charge in [0.25, 0.3) is 0 Å². The van der Waals surface area contributed by atoms with Crippen molar-refractivity contribution in [2.75, 3.05) is 0 Å². The van der Waals surface area contributed by atoms with E-state index in [4.69, 9.17) is 0 Å². The number of halogens is 1. The fourth-order valence-electron chi connectivity index (χ4n) is 2.22. The second-order valence-corrected chi connectivity index (χ2v) is 5.31. The molecule has 0 bridgehead atoms. The van der Waals surface area contributed by atoms with Crippen LogP contribution in [0, 0.1) is 12.7 Å². The SMILES string of the molecule is Cc1ccc2nc(CNC(=O)/C=C/c3ccc(F)cc3)cn2c1. The zero-order valence-electron chi connectivity index (χ0n) is 12.7. The Bertz CT molecular complexity index is 866. The maximum Gasteiger partial charge on any atom is 0.244 e. The first kappa shape index (κ1) is 15.0. The number of fused-ring (bicyclic) bond motifs is 1. The largest absolute Gasteiger partial charge is 0.347 e. The fourth-order valence-corrected chi connectivity index (χ4v) is 2.22. The second-order valence-electron chi connectivity index (χ2n) is 5.31. The molecule has 2 heterocycles. The van der Waals surface area contributed by atoms with E-state index in [-0.39, 0.29) is 11.7 Å². The van der Waals surface area contributed by atoms with Gasteiger partial charge in [-0.1, -0.05) is 18.2 Å². The Morgan fingerprint density at radius 3 is 2.78 bits per heavy atom. The maximum atomic E-state index is 12.8. The molecule has 0 aliphatic carbocycles.